The van der Waals surface area contributed by atoms with Crippen molar-refractivity contribution in [2.24, 2.45) is 0 Å². The SMILES string of the molecule is C1CCC(CCOCC2CCCO2)NC1.Cl. The van der Waals surface area contributed by atoms with Crippen LogP contribution in [-0.2, 0) is 9.47 Å². The predicted molar refractivity (Wildman–Crippen MR) is 67.3 cm³/mol. The second-order valence-corrected chi connectivity index (χ2v) is 4.65. The highest BCUT2D eigenvalue weighted by molar-refractivity contribution is 5.85. The molecule has 2 rings (SSSR count). The summed E-state index contributed by atoms with van der Waals surface area (Å²) < 4.78 is 11.2. The van der Waals surface area contributed by atoms with E-state index in [1.54, 1.807) is 0 Å². The highest BCUT2D eigenvalue weighted by atomic mass is 35.5. The maximum absolute atomic E-state index is 5.66. The fraction of sp³-hybridized carbons (Fsp3) is 1.00. The third-order valence-electron chi connectivity index (χ3n) is 3.35. The maximum atomic E-state index is 5.66. The molecule has 96 valence electrons. The first kappa shape index (κ1) is 14.2. The predicted octanol–water partition coefficient (Wildman–Crippen LogP) is 2.14. The van der Waals surface area contributed by atoms with Crippen LogP contribution in [0.4, 0.5) is 0 Å². The molecular formula is C12H24ClNO2. The van der Waals surface area contributed by atoms with Crippen molar-refractivity contribution in [3.8, 4) is 0 Å². The number of piperidine rings is 1. The Morgan fingerprint density at radius 2 is 2.12 bits per heavy atom. The van der Waals surface area contributed by atoms with Crippen molar-refractivity contribution in [1.82, 2.24) is 5.32 Å². The Labute approximate surface area is 105 Å². The van der Waals surface area contributed by atoms with Gasteiger partial charge in [0.2, 0.25) is 0 Å². The van der Waals surface area contributed by atoms with Gasteiger partial charge in [-0.15, -0.1) is 12.4 Å². The van der Waals surface area contributed by atoms with Gasteiger partial charge in [0.15, 0.2) is 0 Å². The molecule has 2 heterocycles. The largest absolute Gasteiger partial charge is 0.379 e. The van der Waals surface area contributed by atoms with Crippen LogP contribution >= 0.6 is 12.4 Å². The minimum atomic E-state index is 0. The number of ether oxygens (including phenoxy) is 2. The van der Waals surface area contributed by atoms with Gasteiger partial charge in [0, 0.05) is 19.3 Å². The van der Waals surface area contributed by atoms with Gasteiger partial charge in [-0.2, -0.15) is 0 Å². The molecule has 0 radical (unpaired) electrons. The first-order valence-electron chi connectivity index (χ1n) is 6.38. The van der Waals surface area contributed by atoms with E-state index in [4.69, 9.17) is 9.47 Å². The molecule has 2 fully saturated rings. The number of rotatable bonds is 5. The summed E-state index contributed by atoms with van der Waals surface area (Å²) in [5, 5.41) is 3.54. The number of hydrogen-bond donors (Lipinski definition) is 1. The Balaban J connectivity index is 0.00000128. The molecule has 2 atom stereocenters. The Morgan fingerprint density at radius 3 is 2.81 bits per heavy atom. The summed E-state index contributed by atoms with van der Waals surface area (Å²) in [4.78, 5) is 0. The van der Waals surface area contributed by atoms with Gasteiger partial charge in [-0.1, -0.05) is 6.42 Å². The van der Waals surface area contributed by atoms with Crippen LogP contribution in [-0.4, -0.2) is 38.5 Å². The fourth-order valence-electron chi connectivity index (χ4n) is 2.39. The molecule has 2 saturated heterocycles. The van der Waals surface area contributed by atoms with Gasteiger partial charge in [-0.05, 0) is 38.6 Å². The van der Waals surface area contributed by atoms with Crippen molar-refractivity contribution in [2.75, 3.05) is 26.4 Å². The number of hydrogen-bond acceptors (Lipinski definition) is 3. The van der Waals surface area contributed by atoms with Gasteiger partial charge >= 0.3 is 0 Å². The second-order valence-electron chi connectivity index (χ2n) is 4.65. The van der Waals surface area contributed by atoms with E-state index in [9.17, 15) is 0 Å². The molecule has 0 spiro atoms. The Morgan fingerprint density at radius 1 is 1.19 bits per heavy atom. The fourth-order valence-corrected chi connectivity index (χ4v) is 2.39. The van der Waals surface area contributed by atoms with Crippen molar-refractivity contribution in [3.63, 3.8) is 0 Å². The summed E-state index contributed by atoms with van der Waals surface area (Å²) in [6, 6.07) is 0.697. The van der Waals surface area contributed by atoms with E-state index in [1.165, 1.54) is 38.6 Å². The lowest BCUT2D eigenvalue weighted by Gasteiger charge is -2.23. The molecule has 0 aromatic heterocycles. The van der Waals surface area contributed by atoms with Crippen molar-refractivity contribution in [1.29, 1.82) is 0 Å². The van der Waals surface area contributed by atoms with Crippen molar-refractivity contribution < 1.29 is 9.47 Å². The molecule has 2 unspecified atom stereocenters. The van der Waals surface area contributed by atoms with Gasteiger partial charge in [-0.25, -0.2) is 0 Å². The number of halogens is 1. The zero-order chi connectivity index (χ0) is 10.3. The third kappa shape index (κ3) is 5.00. The monoisotopic (exact) mass is 249 g/mol. The maximum Gasteiger partial charge on any atom is 0.0809 e. The molecule has 2 aliphatic heterocycles. The topological polar surface area (TPSA) is 30.5 Å². The summed E-state index contributed by atoms with van der Waals surface area (Å²) in [5.74, 6) is 0. The van der Waals surface area contributed by atoms with Crippen LogP contribution in [0.5, 0.6) is 0 Å². The second kappa shape index (κ2) is 8.29. The van der Waals surface area contributed by atoms with E-state index in [0.717, 1.165) is 26.2 Å². The van der Waals surface area contributed by atoms with Crippen molar-refractivity contribution in [2.45, 2.75) is 50.7 Å². The molecule has 16 heavy (non-hydrogen) atoms. The van der Waals surface area contributed by atoms with Crippen LogP contribution in [0.3, 0.4) is 0 Å². The highest BCUT2D eigenvalue weighted by Gasteiger charge is 2.16. The van der Waals surface area contributed by atoms with Crippen molar-refractivity contribution in [3.05, 3.63) is 0 Å². The van der Waals surface area contributed by atoms with E-state index in [0.29, 0.717) is 12.1 Å². The Kier molecular flexibility index (Phi) is 7.37. The first-order valence-corrected chi connectivity index (χ1v) is 6.38. The Hall–Kier alpha value is 0.170. The molecule has 3 nitrogen and oxygen atoms in total. The highest BCUT2D eigenvalue weighted by Crippen LogP contribution is 2.13. The van der Waals surface area contributed by atoms with E-state index < -0.39 is 0 Å². The molecule has 0 amide bonds. The van der Waals surface area contributed by atoms with E-state index >= 15 is 0 Å². The van der Waals surface area contributed by atoms with Crippen LogP contribution < -0.4 is 5.32 Å². The molecule has 0 saturated carbocycles. The summed E-state index contributed by atoms with van der Waals surface area (Å²) >= 11 is 0. The molecule has 4 heteroatoms. The summed E-state index contributed by atoms with van der Waals surface area (Å²) in [7, 11) is 0. The zero-order valence-corrected chi connectivity index (χ0v) is 10.8. The normalized spacial score (nSPS) is 30.0. The van der Waals surface area contributed by atoms with Gasteiger partial charge in [0.25, 0.3) is 0 Å². The number of nitrogens with one attached hydrogen (secondary N) is 1. The van der Waals surface area contributed by atoms with E-state index in [2.05, 4.69) is 5.32 Å². The zero-order valence-electron chi connectivity index (χ0n) is 9.95. The van der Waals surface area contributed by atoms with Crippen LogP contribution in [0.1, 0.15) is 38.5 Å². The Bertz CT molecular complexity index is 168. The summed E-state index contributed by atoms with van der Waals surface area (Å²) in [6.45, 7) is 3.80. The molecule has 1 N–H and O–H groups in total. The van der Waals surface area contributed by atoms with Crippen LogP contribution in [0.2, 0.25) is 0 Å². The van der Waals surface area contributed by atoms with E-state index in [-0.39, 0.29) is 12.4 Å². The molecule has 0 aromatic rings. The summed E-state index contributed by atoms with van der Waals surface area (Å²) in [6.07, 6.45) is 7.97. The third-order valence-corrected chi connectivity index (χ3v) is 3.35. The van der Waals surface area contributed by atoms with E-state index in [1.807, 2.05) is 0 Å². The van der Waals surface area contributed by atoms with Crippen LogP contribution in [0, 0.1) is 0 Å². The molecule has 0 bridgehead atoms. The quantitative estimate of drug-likeness (QED) is 0.758. The minimum absolute atomic E-state index is 0. The lowest BCUT2D eigenvalue weighted by atomic mass is 10.0. The van der Waals surface area contributed by atoms with Crippen molar-refractivity contribution >= 4 is 12.4 Å². The lowest BCUT2D eigenvalue weighted by Crippen LogP contribution is -2.35. The van der Waals surface area contributed by atoms with Gasteiger partial charge in [0.1, 0.15) is 0 Å². The van der Waals surface area contributed by atoms with Gasteiger partial charge < -0.3 is 14.8 Å². The standard InChI is InChI=1S/C12H23NO2.ClH/c1-2-7-13-11(4-1)6-9-14-10-12-5-3-8-15-12;/h11-13H,1-10H2;1H. The minimum Gasteiger partial charge on any atom is -0.379 e. The molecule has 0 aliphatic carbocycles. The molecular weight excluding hydrogens is 226 g/mol. The smallest absolute Gasteiger partial charge is 0.0809 e. The lowest BCUT2D eigenvalue weighted by molar-refractivity contribution is 0.0140. The van der Waals surface area contributed by atoms with Crippen LogP contribution in [0.25, 0.3) is 0 Å². The van der Waals surface area contributed by atoms with Crippen LogP contribution in [0.15, 0.2) is 0 Å². The van der Waals surface area contributed by atoms with Gasteiger partial charge in [-0.3, -0.25) is 0 Å². The molecule has 0 aromatic carbocycles. The average Bonchev–Trinajstić information content (AvgIpc) is 2.79. The van der Waals surface area contributed by atoms with Gasteiger partial charge in [0.05, 0.1) is 12.7 Å². The molecule has 2 aliphatic rings. The average molecular weight is 250 g/mol. The first-order chi connectivity index (χ1) is 7.45. The summed E-state index contributed by atoms with van der Waals surface area (Å²) in [5.41, 5.74) is 0.